The minimum absolute atomic E-state index is 0.00424. The lowest BCUT2D eigenvalue weighted by molar-refractivity contribution is -0.112. The highest BCUT2D eigenvalue weighted by Crippen LogP contribution is 2.27. The number of rotatable bonds is 0. The smallest absolute Gasteiger partial charge is 0.296 e. The summed E-state index contributed by atoms with van der Waals surface area (Å²) in [5.41, 5.74) is 0.116. The third-order valence-electron chi connectivity index (χ3n) is 1.74. The molecule has 1 aromatic rings. The highest BCUT2D eigenvalue weighted by atomic mass is 127. The molecule has 13 heavy (non-hydrogen) atoms. The fourth-order valence-corrected chi connectivity index (χ4v) is 1.76. The first-order chi connectivity index (χ1) is 6.09. The van der Waals surface area contributed by atoms with E-state index in [1.807, 2.05) is 22.6 Å². The van der Waals surface area contributed by atoms with Gasteiger partial charge in [0, 0.05) is 3.57 Å². The van der Waals surface area contributed by atoms with Crippen molar-refractivity contribution >= 4 is 40.0 Å². The average molecular weight is 291 g/mol. The zero-order valence-corrected chi connectivity index (χ0v) is 8.38. The summed E-state index contributed by atoms with van der Waals surface area (Å²) in [6.45, 7) is 0. The van der Waals surface area contributed by atoms with Crippen LogP contribution in [0.4, 0.5) is 10.1 Å². The van der Waals surface area contributed by atoms with Gasteiger partial charge in [-0.2, -0.15) is 0 Å². The van der Waals surface area contributed by atoms with Gasteiger partial charge >= 0.3 is 0 Å². The van der Waals surface area contributed by atoms with Crippen LogP contribution in [-0.4, -0.2) is 11.7 Å². The minimum Gasteiger partial charge on any atom is -0.316 e. The molecule has 1 heterocycles. The number of Topliss-reactive ketones (excluding diaryl/α,β-unsaturated/α-hetero) is 1. The molecule has 0 aromatic heterocycles. The molecule has 0 aliphatic carbocycles. The van der Waals surface area contributed by atoms with Crippen molar-refractivity contribution in [3.05, 3.63) is 27.1 Å². The second-order valence-corrected chi connectivity index (χ2v) is 3.84. The number of fused-ring (bicyclic) bond motifs is 1. The van der Waals surface area contributed by atoms with E-state index in [1.54, 1.807) is 0 Å². The van der Waals surface area contributed by atoms with E-state index in [-0.39, 0.29) is 11.3 Å². The Morgan fingerprint density at radius 2 is 2.00 bits per heavy atom. The van der Waals surface area contributed by atoms with Crippen molar-refractivity contribution < 1.29 is 14.0 Å². The van der Waals surface area contributed by atoms with Crippen LogP contribution in [-0.2, 0) is 4.79 Å². The highest BCUT2D eigenvalue weighted by molar-refractivity contribution is 14.1. The zero-order chi connectivity index (χ0) is 9.59. The Morgan fingerprint density at radius 1 is 1.31 bits per heavy atom. The van der Waals surface area contributed by atoms with Crippen molar-refractivity contribution in [2.45, 2.75) is 0 Å². The fraction of sp³-hybridized carbons (Fsp3) is 0. The van der Waals surface area contributed by atoms with Crippen LogP contribution in [0.25, 0.3) is 0 Å². The number of carbonyl (C=O) groups is 2. The summed E-state index contributed by atoms with van der Waals surface area (Å²) >= 11 is 1.88. The van der Waals surface area contributed by atoms with E-state index in [0.29, 0.717) is 3.57 Å². The first-order valence-corrected chi connectivity index (χ1v) is 4.52. The van der Waals surface area contributed by atoms with Crippen molar-refractivity contribution in [1.82, 2.24) is 0 Å². The summed E-state index contributed by atoms with van der Waals surface area (Å²) in [4.78, 5) is 22.0. The molecule has 2 rings (SSSR count). The van der Waals surface area contributed by atoms with Crippen molar-refractivity contribution in [3.63, 3.8) is 0 Å². The second kappa shape index (κ2) is 2.76. The topological polar surface area (TPSA) is 46.2 Å². The molecule has 1 aromatic carbocycles. The molecule has 0 atom stereocenters. The maximum Gasteiger partial charge on any atom is 0.296 e. The van der Waals surface area contributed by atoms with Gasteiger partial charge < -0.3 is 5.32 Å². The Bertz CT molecular complexity index is 430. The second-order valence-electron chi connectivity index (χ2n) is 2.59. The van der Waals surface area contributed by atoms with E-state index in [0.717, 1.165) is 0 Å². The van der Waals surface area contributed by atoms with Crippen molar-refractivity contribution in [2.24, 2.45) is 0 Å². The van der Waals surface area contributed by atoms with Crippen LogP contribution in [0.2, 0.25) is 0 Å². The first-order valence-electron chi connectivity index (χ1n) is 3.44. The van der Waals surface area contributed by atoms with Gasteiger partial charge in [0.05, 0.1) is 11.3 Å². The summed E-state index contributed by atoms with van der Waals surface area (Å²) in [6.07, 6.45) is 0. The number of hydrogen-bond donors (Lipinski definition) is 1. The number of anilines is 1. The third kappa shape index (κ3) is 1.23. The van der Waals surface area contributed by atoms with E-state index < -0.39 is 17.5 Å². The molecule has 0 saturated carbocycles. The molecule has 0 saturated heterocycles. The summed E-state index contributed by atoms with van der Waals surface area (Å²) in [5, 5.41) is 2.18. The molecule has 3 nitrogen and oxygen atoms in total. The lowest BCUT2D eigenvalue weighted by Crippen LogP contribution is -2.12. The van der Waals surface area contributed by atoms with Crippen molar-refractivity contribution in [3.8, 4) is 0 Å². The Labute approximate surface area is 86.5 Å². The van der Waals surface area contributed by atoms with E-state index in [4.69, 9.17) is 0 Å². The molecular weight excluding hydrogens is 288 g/mol. The largest absolute Gasteiger partial charge is 0.316 e. The quantitative estimate of drug-likeness (QED) is 0.582. The number of nitrogens with one attached hydrogen (secondary N) is 1. The molecule has 1 aliphatic rings. The highest BCUT2D eigenvalue weighted by Gasteiger charge is 2.30. The summed E-state index contributed by atoms with van der Waals surface area (Å²) in [6, 6.07) is 2.75. The van der Waals surface area contributed by atoms with Crippen LogP contribution in [0, 0.1) is 9.39 Å². The lowest BCUT2D eigenvalue weighted by Gasteiger charge is -1.98. The molecule has 0 bridgehead atoms. The minimum atomic E-state index is -0.768. The average Bonchev–Trinajstić information content (AvgIpc) is 2.32. The number of benzene rings is 1. The lowest BCUT2D eigenvalue weighted by atomic mass is 10.1. The van der Waals surface area contributed by atoms with E-state index in [1.165, 1.54) is 12.1 Å². The molecule has 0 spiro atoms. The Kier molecular flexibility index (Phi) is 1.83. The third-order valence-corrected chi connectivity index (χ3v) is 2.37. The molecule has 0 radical (unpaired) electrons. The van der Waals surface area contributed by atoms with Gasteiger partial charge in [-0.1, -0.05) is 0 Å². The summed E-state index contributed by atoms with van der Waals surface area (Å²) < 4.78 is 13.7. The first kappa shape index (κ1) is 8.61. The standard InChI is InChI=1S/C8H3FINO2/c9-5-2-3(10)1-4-6(5)11-8(13)7(4)12/h1-2H,(H,11,12,13). The van der Waals surface area contributed by atoms with Crippen LogP contribution >= 0.6 is 22.6 Å². The molecule has 1 amide bonds. The SMILES string of the molecule is O=C1Nc2c(F)cc(I)cc2C1=O. The number of carbonyl (C=O) groups excluding carboxylic acids is 2. The van der Waals surface area contributed by atoms with Gasteiger partial charge in [-0.05, 0) is 34.7 Å². The van der Waals surface area contributed by atoms with Gasteiger partial charge in [0.25, 0.3) is 11.7 Å². The molecule has 66 valence electrons. The number of ketones is 1. The molecular formula is C8H3FINO2. The Morgan fingerprint density at radius 3 is 2.69 bits per heavy atom. The predicted octanol–water partition coefficient (Wildman–Crippen LogP) is 1.57. The monoisotopic (exact) mass is 291 g/mol. The van der Waals surface area contributed by atoms with E-state index in [2.05, 4.69) is 5.32 Å². The molecule has 0 unspecified atom stereocenters. The van der Waals surface area contributed by atoms with Gasteiger partial charge in [-0.3, -0.25) is 9.59 Å². The summed E-state index contributed by atoms with van der Waals surface area (Å²) in [5.74, 6) is -2.01. The van der Waals surface area contributed by atoms with Gasteiger partial charge in [0.1, 0.15) is 5.82 Å². The van der Waals surface area contributed by atoms with Gasteiger partial charge in [-0.25, -0.2) is 4.39 Å². The molecule has 1 N–H and O–H groups in total. The normalized spacial score (nSPS) is 14.3. The number of halogens is 2. The van der Waals surface area contributed by atoms with E-state index >= 15 is 0 Å². The van der Waals surface area contributed by atoms with Crippen molar-refractivity contribution in [2.75, 3.05) is 5.32 Å². The van der Waals surface area contributed by atoms with Crippen LogP contribution < -0.4 is 5.32 Å². The molecule has 1 aliphatic heterocycles. The van der Waals surface area contributed by atoms with Crippen LogP contribution in [0.15, 0.2) is 12.1 Å². The van der Waals surface area contributed by atoms with Crippen molar-refractivity contribution in [1.29, 1.82) is 0 Å². The van der Waals surface area contributed by atoms with Gasteiger partial charge in [-0.15, -0.1) is 0 Å². The predicted molar refractivity (Wildman–Crippen MR) is 52.1 cm³/mol. The van der Waals surface area contributed by atoms with Crippen LogP contribution in [0.1, 0.15) is 10.4 Å². The number of hydrogen-bond acceptors (Lipinski definition) is 2. The van der Waals surface area contributed by atoms with Crippen LogP contribution in [0.3, 0.4) is 0 Å². The summed E-state index contributed by atoms with van der Waals surface area (Å²) in [7, 11) is 0. The zero-order valence-electron chi connectivity index (χ0n) is 6.23. The Balaban J connectivity index is 2.70. The maximum absolute atomic E-state index is 13.1. The molecule has 0 fully saturated rings. The fourth-order valence-electron chi connectivity index (χ4n) is 1.17. The van der Waals surface area contributed by atoms with E-state index in [9.17, 15) is 14.0 Å². The maximum atomic E-state index is 13.1. The molecule has 5 heteroatoms. The number of amides is 1. The Hall–Kier alpha value is -0.980. The van der Waals surface area contributed by atoms with Gasteiger partial charge in [0.2, 0.25) is 0 Å². The van der Waals surface area contributed by atoms with Crippen LogP contribution in [0.5, 0.6) is 0 Å². The van der Waals surface area contributed by atoms with Gasteiger partial charge in [0.15, 0.2) is 0 Å².